The molecule has 0 saturated carbocycles. The van der Waals surface area contributed by atoms with Crippen LogP contribution >= 0.6 is 11.7 Å². The number of nitrogens with zero attached hydrogens (tertiary/aromatic N) is 2. The molecule has 0 aliphatic heterocycles. The van der Waals surface area contributed by atoms with Gasteiger partial charge in [-0.1, -0.05) is 13.8 Å². The lowest BCUT2D eigenvalue weighted by Crippen LogP contribution is -2.35. The molecule has 0 aromatic carbocycles. The minimum Gasteiger partial charge on any atom is -0.473 e. The molecule has 2 N–H and O–H groups in total. The molecular weight excluding hydrogens is 282 g/mol. The number of aliphatic hydroxyl groups is 1. The van der Waals surface area contributed by atoms with Crippen LogP contribution in [-0.2, 0) is 16.0 Å². The Labute approximate surface area is 122 Å². The highest BCUT2D eigenvalue weighted by atomic mass is 32.1. The van der Waals surface area contributed by atoms with Crippen molar-refractivity contribution in [1.29, 1.82) is 0 Å². The molecule has 0 aliphatic rings. The molecule has 0 spiro atoms. The first-order chi connectivity index (χ1) is 9.52. The summed E-state index contributed by atoms with van der Waals surface area (Å²) in [5.74, 6) is 0.0765. The van der Waals surface area contributed by atoms with E-state index >= 15 is 0 Å². The summed E-state index contributed by atoms with van der Waals surface area (Å²) in [7, 11) is 1.34. The zero-order chi connectivity index (χ0) is 15.0. The lowest BCUT2D eigenvalue weighted by atomic mass is 10.2. The summed E-state index contributed by atoms with van der Waals surface area (Å²) in [6, 6.07) is 0.307. The molecule has 0 radical (unpaired) electrons. The van der Waals surface area contributed by atoms with Crippen molar-refractivity contribution in [1.82, 2.24) is 14.1 Å². The number of esters is 1. The number of aryl methyl sites for hydroxylation is 1. The summed E-state index contributed by atoms with van der Waals surface area (Å²) >= 11 is 1.02. The van der Waals surface area contributed by atoms with Crippen LogP contribution in [0.3, 0.4) is 0 Å². The molecule has 0 saturated heterocycles. The average Bonchev–Trinajstić information content (AvgIpc) is 2.87. The minimum atomic E-state index is -0.618. The summed E-state index contributed by atoms with van der Waals surface area (Å²) < 4.78 is 18.1. The second kappa shape index (κ2) is 8.83. The number of hydrogen-bond donors (Lipinski definition) is 2. The zero-order valence-electron chi connectivity index (χ0n) is 12.0. The number of aromatic nitrogens is 2. The van der Waals surface area contributed by atoms with Crippen molar-refractivity contribution < 1.29 is 19.4 Å². The fraction of sp³-hybridized carbons (Fsp3) is 0.750. The van der Waals surface area contributed by atoms with Gasteiger partial charge in [-0.2, -0.15) is 4.37 Å². The van der Waals surface area contributed by atoms with Gasteiger partial charge in [0, 0.05) is 19.0 Å². The van der Waals surface area contributed by atoms with Crippen LogP contribution in [0.25, 0.3) is 0 Å². The molecule has 1 heterocycles. The number of hydrogen-bond acceptors (Lipinski definition) is 8. The SMILES string of the molecule is COC(=O)CCc1nsnc1OCC(O)CNC(C)C. The Kier molecular flexibility index (Phi) is 7.42. The Bertz CT molecular complexity index is 411. The van der Waals surface area contributed by atoms with Crippen LogP contribution < -0.4 is 10.1 Å². The van der Waals surface area contributed by atoms with E-state index in [-0.39, 0.29) is 19.0 Å². The quantitative estimate of drug-likeness (QED) is 0.637. The van der Waals surface area contributed by atoms with E-state index in [1.165, 1.54) is 7.11 Å². The van der Waals surface area contributed by atoms with Gasteiger partial charge in [-0.05, 0) is 0 Å². The predicted octanol–water partition coefficient (Wildman–Crippen LogP) is 0.381. The van der Waals surface area contributed by atoms with Gasteiger partial charge in [0.1, 0.15) is 18.4 Å². The van der Waals surface area contributed by atoms with Crippen molar-refractivity contribution in [3.05, 3.63) is 5.69 Å². The third-order valence-corrected chi connectivity index (χ3v) is 3.04. The van der Waals surface area contributed by atoms with Crippen LogP contribution in [0, 0.1) is 0 Å². The van der Waals surface area contributed by atoms with E-state index < -0.39 is 6.10 Å². The Morgan fingerprint density at radius 1 is 1.45 bits per heavy atom. The fourth-order valence-electron chi connectivity index (χ4n) is 1.39. The van der Waals surface area contributed by atoms with Gasteiger partial charge in [0.05, 0.1) is 25.3 Å². The maximum atomic E-state index is 11.1. The normalized spacial score (nSPS) is 12.4. The van der Waals surface area contributed by atoms with E-state index in [9.17, 15) is 9.90 Å². The Morgan fingerprint density at radius 2 is 2.20 bits per heavy atom. The van der Waals surface area contributed by atoms with Crippen molar-refractivity contribution in [2.75, 3.05) is 20.3 Å². The average molecular weight is 303 g/mol. The number of carbonyl (C=O) groups is 1. The Balaban J connectivity index is 2.36. The molecule has 1 aromatic heterocycles. The van der Waals surface area contributed by atoms with Crippen LogP contribution in [0.1, 0.15) is 26.0 Å². The van der Waals surface area contributed by atoms with Gasteiger partial charge in [-0.25, -0.2) is 0 Å². The standard InChI is InChI=1S/C12H21N3O4S/c1-8(2)13-6-9(16)7-19-12-10(14-20-15-12)4-5-11(17)18-3/h8-9,13,16H,4-7H2,1-3H3. The predicted molar refractivity (Wildman–Crippen MR) is 74.9 cm³/mol. The molecule has 1 unspecified atom stereocenters. The number of rotatable bonds is 9. The second-order valence-electron chi connectivity index (χ2n) is 4.62. The highest BCUT2D eigenvalue weighted by Crippen LogP contribution is 2.17. The van der Waals surface area contributed by atoms with E-state index in [2.05, 4.69) is 18.8 Å². The number of methoxy groups -OCH3 is 1. The van der Waals surface area contributed by atoms with Gasteiger partial charge in [0.25, 0.3) is 0 Å². The molecule has 7 nitrogen and oxygen atoms in total. The molecule has 0 aliphatic carbocycles. The summed E-state index contributed by atoms with van der Waals surface area (Å²) in [6.07, 6.45) is 0.0294. The Hall–Kier alpha value is -1.25. The zero-order valence-corrected chi connectivity index (χ0v) is 12.8. The summed E-state index contributed by atoms with van der Waals surface area (Å²) in [6.45, 7) is 4.59. The third-order valence-electron chi connectivity index (χ3n) is 2.49. The van der Waals surface area contributed by atoms with Crippen molar-refractivity contribution in [3.63, 3.8) is 0 Å². The molecule has 0 amide bonds. The van der Waals surface area contributed by atoms with Crippen LogP contribution in [0.5, 0.6) is 5.88 Å². The van der Waals surface area contributed by atoms with Crippen molar-refractivity contribution >= 4 is 17.7 Å². The second-order valence-corrected chi connectivity index (χ2v) is 5.15. The van der Waals surface area contributed by atoms with E-state index in [0.29, 0.717) is 30.6 Å². The number of carbonyl (C=O) groups excluding carboxylic acids is 1. The smallest absolute Gasteiger partial charge is 0.305 e. The lowest BCUT2D eigenvalue weighted by molar-refractivity contribution is -0.140. The molecule has 1 rings (SSSR count). The summed E-state index contributed by atoms with van der Waals surface area (Å²) in [5, 5.41) is 12.9. The first kappa shape index (κ1) is 16.8. The van der Waals surface area contributed by atoms with Crippen LogP contribution in [-0.4, -0.2) is 52.2 Å². The molecule has 20 heavy (non-hydrogen) atoms. The Morgan fingerprint density at radius 3 is 2.85 bits per heavy atom. The summed E-state index contributed by atoms with van der Waals surface area (Å²) in [4.78, 5) is 11.1. The van der Waals surface area contributed by atoms with E-state index in [1.807, 2.05) is 13.8 Å². The molecule has 0 bridgehead atoms. The third kappa shape index (κ3) is 6.27. The van der Waals surface area contributed by atoms with E-state index in [4.69, 9.17) is 4.74 Å². The van der Waals surface area contributed by atoms with Crippen molar-refractivity contribution in [2.24, 2.45) is 0 Å². The van der Waals surface area contributed by atoms with Gasteiger partial charge in [0.2, 0.25) is 5.88 Å². The van der Waals surface area contributed by atoms with Crippen LogP contribution in [0.2, 0.25) is 0 Å². The maximum absolute atomic E-state index is 11.1. The molecule has 1 atom stereocenters. The summed E-state index contributed by atoms with van der Waals surface area (Å²) in [5.41, 5.74) is 0.615. The molecule has 8 heteroatoms. The molecule has 0 fully saturated rings. The number of nitrogens with one attached hydrogen (secondary N) is 1. The van der Waals surface area contributed by atoms with Crippen molar-refractivity contribution in [2.45, 2.75) is 38.8 Å². The maximum Gasteiger partial charge on any atom is 0.305 e. The highest BCUT2D eigenvalue weighted by Gasteiger charge is 2.14. The first-order valence-corrected chi connectivity index (χ1v) is 7.18. The van der Waals surface area contributed by atoms with E-state index in [0.717, 1.165) is 11.7 Å². The van der Waals surface area contributed by atoms with Gasteiger partial charge < -0.3 is 19.9 Å². The van der Waals surface area contributed by atoms with Gasteiger partial charge in [-0.3, -0.25) is 4.79 Å². The number of ether oxygens (including phenoxy) is 2. The van der Waals surface area contributed by atoms with Crippen LogP contribution in [0.15, 0.2) is 0 Å². The van der Waals surface area contributed by atoms with Gasteiger partial charge in [0.15, 0.2) is 0 Å². The largest absolute Gasteiger partial charge is 0.473 e. The van der Waals surface area contributed by atoms with Gasteiger partial charge >= 0.3 is 5.97 Å². The van der Waals surface area contributed by atoms with Gasteiger partial charge in [-0.15, -0.1) is 4.37 Å². The topological polar surface area (TPSA) is 93.6 Å². The molecule has 114 valence electrons. The fourth-order valence-corrected chi connectivity index (χ4v) is 1.93. The lowest BCUT2D eigenvalue weighted by Gasteiger charge is -2.14. The van der Waals surface area contributed by atoms with Crippen LogP contribution in [0.4, 0.5) is 0 Å². The molecular formula is C12H21N3O4S. The highest BCUT2D eigenvalue weighted by molar-refractivity contribution is 6.99. The monoisotopic (exact) mass is 303 g/mol. The first-order valence-electron chi connectivity index (χ1n) is 6.45. The molecule has 1 aromatic rings. The number of aliphatic hydroxyl groups excluding tert-OH is 1. The van der Waals surface area contributed by atoms with Crippen molar-refractivity contribution in [3.8, 4) is 5.88 Å². The van der Waals surface area contributed by atoms with E-state index in [1.54, 1.807) is 0 Å². The minimum absolute atomic E-state index is 0.135.